The predicted molar refractivity (Wildman–Crippen MR) is 118 cm³/mol. The van der Waals surface area contributed by atoms with Crippen LogP contribution < -0.4 is 20.5 Å². The lowest BCUT2D eigenvalue weighted by molar-refractivity contribution is -0.120. The molecular weight excluding hydrogens is 402 g/mol. The Balaban J connectivity index is 1.61. The van der Waals surface area contributed by atoms with Crippen molar-refractivity contribution < 1.29 is 19.1 Å². The SMILES string of the molecule is COc1ccc(-c2nc(NC(=O)/C=C/c3ccc(OCC(N)=O)cc3)sc2C)cc1. The summed E-state index contributed by atoms with van der Waals surface area (Å²) in [6.07, 6.45) is 3.11. The summed E-state index contributed by atoms with van der Waals surface area (Å²) in [5.74, 6) is 0.486. The van der Waals surface area contributed by atoms with Gasteiger partial charge in [-0.1, -0.05) is 12.1 Å². The summed E-state index contributed by atoms with van der Waals surface area (Å²) in [5, 5.41) is 3.32. The number of amides is 2. The first-order valence-corrected chi connectivity index (χ1v) is 9.88. The standard InChI is InChI=1S/C22H21N3O4S/c1-14-21(16-6-10-17(28-2)11-7-16)25-22(30-14)24-20(27)12-5-15-3-8-18(9-4-15)29-13-19(23)26/h3-12H,13H2,1-2H3,(H2,23,26)(H,24,25,27)/b12-5+. The van der Waals surface area contributed by atoms with E-state index in [1.807, 2.05) is 31.2 Å². The van der Waals surface area contributed by atoms with E-state index in [9.17, 15) is 9.59 Å². The zero-order chi connectivity index (χ0) is 21.5. The van der Waals surface area contributed by atoms with Gasteiger partial charge in [0, 0.05) is 16.5 Å². The number of hydrogen-bond donors (Lipinski definition) is 2. The summed E-state index contributed by atoms with van der Waals surface area (Å²) in [5.41, 5.74) is 7.64. The number of thiazole rings is 1. The van der Waals surface area contributed by atoms with Gasteiger partial charge < -0.3 is 15.2 Å². The van der Waals surface area contributed by atoms with Crippen molar-refractivity contribution in [3.05, 3.63) is 65.0 Å². The second-order valence-corrected chi connectivity index (χ2v) is 7.50. The van der Waals surface area contributed by atoms with E-state index in [1.165, 1.54) is 17.4 Å². The van der Waals surface area contributed by atoms with E-state index in [1.54, 1.807) is 37.5 Å². The molecule has 8 heteroatoms. The molecule has 1 heterocycles. The molecule has 0 spiro atoms. The van der Waals surface area contributed by atoms with E-state index in [4.69, 9.17) is 15.2 Å². The number of benzene rings is 2. The van der Waals surface area contributed by atoms with Gasteiger partial charge in [-0.25, -0.2) is 4.98 Å². The van der Waals surface area contributed by atoms with Gasteiger partial charge in [0.05, 0.1) is 12.8 Å². The third kappa shape index (κ3) is 5.68. The van der Waals surface area contributed by atoms with Crippen molar-refractivity contribution in [1.29, 1.82) is 0 Å². The number of carbonyl (C=O) groups excluding carboxylic acids is 2. The number of nitrogens with one attached hydrogen (secondary N) is 1. The maximum atomic E-state index is 12.2. The molecule has 0 saturated heterocycles. The van der Waals surface area contributed by atoms with Gasteiger partial charge in [0.25, 0.3) is 5.91 Å². The van der Waals surface area contributed by atoms with Crippen LogP contribution in [0.1, 0.15) is 10.4 Å². The largest absolute Gasteiger partial charge is 0.497 e. The Morgan fingerprint density at radius 3 is 2.40 bits per heavy atom. The number of rotatable bonds is 8. The molecule has 7 nitrogen and oxygen atoms in total. The Morgan fingerprint density at radius 1 is 1.10 bits per heavy atom. The van der Waals surface area contributed by atoms with Gasteiger partial charge in [-0.2, -0.15) is 0 Å². The summed E-state index contributed by atoms with van der Waals surface area (Å²) in [6.45, 7) is 1.79. The summed E-state index contributed by atoms with van der Waals surface area (Å²) >= 11 is 1.42. The summed E-state index contributed by atoms with van der Waals surface area (Å²) in [7, 11) is 1.62. The minimum atomic E-state index is -0.539. The summed E-state index contributed by atoms with van der Waals surface area (Å²) in [6, 6.07) is 14.6. The average Bonchev–Trinajstić information content (AvgIpc) is 3.11. The van der Waals surface area contributed by atoms with Crippen LogP contribution in [0.2, 0.25) is 0 Å². The van der Waals surface area contributed by atoms with Crippen LogP contribution in [0.25, 0.3) is 17.3 Å². The molecule has 2 amide bonds. The molecule has 30 heavy (non-hydrogen) atoms. The minimum Gasteiger partial charge on any atom is -0.497 e. The van der Waals surface area contributed by atoms with Gasteiger partial charge in [-0.3, -0.25) is 14.9 Å². The number of aryl methyl sites for hydroxylation is 1. The zero-order valence-corrected chi connectivity index (χ0v) is 17.4. The van der Waals surface area contributed by atoms with Crippen LogP contribution in [0.15, 0.2) is 54.6 Å². The quantitative estimate of drug-likeness (QED) is 0.539. The molecule has 3 aromatic rings. The monoisotopic (exact) mass is 423 g/mol. The van der Waals surface area contributed by atoms with Gasteiger partial charge in [0.15, 0.2) is 11.7 Å². The molecule has 1 aromatic heterocycles. The molecule has 0 fully saturated rings. The van der Waals surface area contributed by atoms with E-state index >= 15 is 0 Å². The van der Waals surface area contributed by atoms with Crippen molar-refractivity contribution >= 4 is 34.4 Å². The van der Waals surface area contributed by atoms with Crippen LogP contribution in [0.3, 0.4) is 0 Å². The van der Waals surface area contributed by atoms with Crippen LogP contribution in [0.5, 0.6) is 11.5 Å². The van der Waals surface area contributed by atoms with Crippen LogP contribution in [-0.4, -0.2) is 30.5 Å². The normalized spacial score (nSPS) is 10.7. The first-order chi connectivity index (χ1) is 14.4. The Hall–Kier alpha value is -3.65. The summed E-state index contributed by atoms with van der Waals surface area (Å²) < 4.78 is 10.4. The smallest absolute Gasteiger partial charge is 0.255 e. The van der Waals surface area contributed by atoms with Crippen molar-refractivity contribution in [3.8, 4) is 22.8 Å². The second kappa shape index (κ2) is 9.71. The molecular formula is C22H21N3O4S. The highest BCUT2D eigenvalue weighted by atomic mass is 32.1. The molecule has 3 N–H and O–H groups in total. The number of anilines is 1. The lowest BCUT2D eigenvalue weighted by Gasteiger charge is -2.03. The molecule has 0 unspecified atom stereocenters. The molecule has 0 aliphatic rings. The van der Waals surface area contributed by atoms with Gasteiger partial charge in [0.1, 0.15) is 11.5 Å². The number of hydrogen-bond acceptors (Lipinski definition) is 6. The number of aromatic nitrogens is 1. The highest BCUT2D eigenvalue weighted by Crippen LogP contribution is 2.31. The number of ether oxygens (including phenoxy) is 2. The lowest BCUT2D eigenvalue weighted by atomic mass is 10.1. The Labute approximate surface area is 178 Å². The maximum Gasteiger partial charge on any atom is 0.255 e. The number of carbonyl (C=O) groups is 2. The topological polar surface area (TPSA) is 104 Å². The zero-order valence-electron chi connectivity index (χ0n) is 16.5. The highest BCUT2D eigenvalue weighted by molar-refractivity contribution is 7.16. The Kier molecular flexibility index (Phi) is 6.82. The molecule has 3 rings (SSSR count). The van der Waals surface area contributed by atoms with E-state index in [2.05, 4.69) is 10.3 Å². The van der Waals surface area contributed by atoms with Crippen LogP contribution in [-0.2, 0) is 9.59 Å². The van der Waals surface area contributed by atoms with Crippen molar-refractivity contribution in [2.45, 2.75) is 6.92 Å². The third-order valence-corrected chi connectivity index (χ3v) is 4.96. The van der Waals surface area contributed by atoms with Gasteiger partial charge >= 0.3 is 0 Å². The molecule has 0 radical (unpaired) electrons. The van der Waals surface area contributed by atoms with Crippen LogP contribution in [0, 0.1) is 6.92 Å². The first kappa shape index (κ1) is 21.1. The molecule has 0 aliphatic heterocycles. The van der Waals surface area contributed by atoms with Crippen LogP contribution >= 0.6 is 11.3 Å². The van der Waals surface area contributed by atoms with E-state index in [-0.39, 0.29) is 12.5 Å². The highest BCUT2D eigenvalue weighted by Gasteiger charge is 2.11. The number of primary amides is 1. The fraction of sp³-hybridized carbons (Fsp3) is 0.136. The maximum absolute atomic E-state index is 12.2. The number of nitrogens with zero attached hydrogens (tertiary/aromatic N) is 1. The van der Waals surface area contributed by atoms with Crippen molar-refractivity contribution in [2.24, 2.45) is 5.73 Å². The first-order valence-electron chi connectivity index (χ1n) is 9.06. The Bertz CT molecular complexity index is 1060. The predicted octanol–water partition coefficient (Wildman–Crippen LogP) is 3.64. The van der Waals surface area contributed by atoms with Gasteiger partial charge in [-0.05, 0) is 55.0 Å². The van der Waals surface area contributed by atoms with E-state index in [0.717, 1.165) is 27.4 Å². The van der Waals surface area contributed by atoms with Gasteiger partial charge in [-0.15, -0.1) is 11.3 Å². The molecule has 154 valence electrons. The Morgan fingerprint density at radius 2 is 1.77 bits per heavy atom. The van der Waals surface area contributed by atoms with Gasteiger partial charge in [0.2, 0.25) is 5.91 Å². The van der Waals surface area contributed by atoms with E-state index in [0.29, 0.717) is 10.9 Å². The van der Waals surface area contributed by atoms with E-state index < -0.39 is 5.91 Å². The van der Waals surface area contributed by atoms with Crippen molar-refractivity contribution in [3.63, 3.8) is 0 Å². The summed E-state index contributed by atoms with van der Waals surface area (Å²) in [4.78, 5) is 28.5. The lowest BCUT2D eigenvalue weighted by Crippen LogP contribution is -2.19. The molecule has 0 bridgehead atoms. The van der Waals surface area contributed by atoms with Crippen molar-refractivity contribution in [2.75, 3.05) is 19.0 Å². The van der Waals surface area contributed by atoms with Crippen LogP contribution in [0.4, 0.5) is 5.13 Å². The number of methoxy groups -OCH3 is 1. The fourth-order valence-corrected chi connectivity index (χ4v) is 3.45. The fourth-order valence-electron chi connectivity index (χ4n) is 2.62. The molecule has 0 aliphatic carbocycles. The molecule has 0 saturated carbocycles. The third-order valence-electron chi connectivity index (χ3n) is 4.08. The molecule has 0 atom stereocenters. The molecule has 2 aromatic carbocycles. The minimum absolute atomic E-state index is 0.177. The number of nitrogens with two attached hydrogens (primary N) is 1. The average molecular weight is 423 g/mol. The van der Waals surface area contributed by atoms with Crippen molar-refractivity contribution in [1.82, 2.24) is 4.98 Å². The second-order valence-electron chi connectivity index (χ2n) is 6.30.